The molecule has 29 heavy (non-hydrogen) atoms. The number of nitrogens with zero attached hydrogens (tertiary/aromatic N) is 3. The van der Waals surface area contributed by atoms with E-state index in [-0.39, 0.29) is 11.5 Å². The molecule has 1 saturated heterocycles. The van der Waals surface area contributed by atoms with Crippen LogP contribution in [-0.2, 0) is 11.3 Å². The quantitative estimate of drug-likeness (QED) is 0.577. The van der Waals surface area contributed by atoms with Crippen molar-refractivity contribution in [2.24, 2.45) is 0 Å². The molecule has 0 radical (unpaired) electrons. The van der Waals surface area contributed by atoms with Crippen LogP contribution < -0.4 is 10.9 Å². The number of aryl methyl sites for hydroxylation is 2. The van der Waals surface area contributed by atoms with Gasteiger partial charge in [0.15, 0.2) is 0 Å². The number of nitrogens with one attached hydrogen (secondary N) is 1. The van der Waals surface area contributed by atoms with E-state index >= 15 is 0 Å². The zero-order chi connectivity index (χ0) is 20.2. The van der Waals surface area contributed by atoms with Crippen molar-refractivity contribution in [3.63, 3.8) is 0 Å². The fourth-order valence-electron chi connectivity index (χ4n) is 4.08. The highest BCUT2D eigenvalue weighted by Gasteiger charge is 2.14. The summed E-state index contributed by atoms with van der Waals surface area (Å²) in [5, 5.41) is 9.23. The van der Waals surface area contributed by atoms with Crippen molar-refractivity contribution < 1.29 is 4.79 Å². The smallest absolute Gasteiger partial charge is 0.276 e. The molecule has 3 aromatic rings. The van der Waals surface area contributed by atoms with E-state index in [1.54, 1.807) is 11.3 Å². The van der Waals surface area contributed by atoms with Crippen molar-refractivity contribution >= 4 is 37.4 Å². The number of fused-ring (bicyclic) bond motifs is 3. The highest BCUT2D eigenvalue weighted by molar-refractivity contribution is 7.26. The molecule has 6 nitrogen and oxygen atoms in total. The second kappa shape index (κ2) is 9.05. The van der Waals surface area contributed by atoms with Crippen molar-refractivity contribution in [1.29, 1.82) is 0 Å². The minimum absolute atomic E-state index is 0.0539. The SMILES string of the molecule is Cc1nn(CCCC(=O)NCCCN2CCCC2)c(=O)c2c1sc1ccccc12. The number of likely N-dealkylation sites (tertiary alicyclic amines) is 1. The molecule has 0 unspecified atom stereocenters. The van der Waals surface area contributed by atoms with Crippen LogP contribution in [-0.4, -0.2) is 46.8 Å². The first-order chi connectivity index (χ1) is 14.1. The summed E-state index contributed by atoms with van der Waals surface area (Å²) in [5.74, 6) is 0.0539. The van der Waals surface area contributed by atoms with Crippen molar-refractivity contribution in [3.05, 3.63) is 40.3 Å². The summed E-state index contributed by atoms with van der Waals surface area (Å²) in [6.45, 7) is 6.58. The Bertz CT molecular complexity index is 1070. The van der Waals surface area contributed by atoms with Crippen LogP contribution in [0.15, 0.2) is 29.1 Å². The van der Waals surface area contributed by atoms with Gasteiger partial charge in [0.05, 0.1) is 15.8 Å². The number of hydrogen-bond donors (Lipinski definition) is 1. The lowest BCUT2D eigenvalue weighted by Gasteiger charge is -2.14. The number of carbonyl (C=O) groups excluding carboxylic acids is 1. The van der Waals surface area contributed by atoms with Crippen molar-refractivity contribution in [3.8, 4) is 0 Å². The number of carbonyl (C=O) groups is 1. The van der Waals surface area contributed by atoms with Crippen LogP contribution in [0.2, 0.25) is 0 Å². The maximum atomic E-state index is 13.0. The van der Waals surface area contributed by atoms with Gasteiger partial charge in [-0.25, -0.2) is 4.68 Å². The van der Waals surface area contributed by atoms with E-state index in [1.165, 1.54) is 30.6 Å². The Morgan fingerprint density at radius 2 is 1.97 bits per heavy atom. The van der Waals surface area contributed by atoms with Crippen molar-refractivity contribution in [2.75, 3.05) is 26.2 Å². The fraction of sp³-hybridized carbons (Fsp3) is 0.500. The summed E-state index contributed by atoms with van der Waals surface area (Å²) in [5.41, 5.74) is 0.807. The largest absolute Gasteiger partial charge is 0.356 e. The third-order valence-electron chi connectivity index (χ3n) is 5.59. The first-order valence-electron chi connectivity index (χ1n) is 10.5. The molecule has 4 rings (SSSR count). The van der Waals surface area contributed by atoms with Gasteiger partial charge in [-0.1, -0.05) is 18.2 Å². The highest BCUT2D eigenvalue weighted by atomic mass is 32.1. The molecule has 0 saturated carbocycles. The summed E-state index contributed by atoms with van der Waals surface area (Å²) in [6, 6.07) is 7.98. The Morgan fingerprint density at radius 1 is 1.17 bits per heavy atom. The molecule has 0 bridgehead atoms. The van der Waals surface area contributed by atoms with Crippen LogP contribution in [0.4, 0.5) is 0 Å². The minimum Gasteiger partial charge on any atom is -0.356 e. The molecule has 154 valence electrons. The molecule has 0 spiro atoms. The molecular weight excluding hydrogens is 384 g/mol. The van der Waals surface area contributed by atoms with Crippen LogP contribution in [0.25, 0.3) is 20.2 Å². The maximum Gasteiger partial charge on any atom is 0.276 e. The molecule has 1 aliphatic heterocycles. The van der Waals surface area contributed by atoms with Gasteiger partial charge in [-0.05, 0) is 58.3 Å². The van der Waals surface area contributed by atoms with E-state index in [2.05, 4.69) is 15.3 Å². The number of thiophene rings is 1. The fourth-order valence-corrected chi connectivity index (χ4v) is 5.21. The van der Waals surface area contributed by atoms with Gasteiger partial charge in [0.1, 0.15) is 0 Å². The first-order valence-corrected chi connectivity index (χ1v) is 11.3. The van der Waals surface area contributed by atoms with E-state index in [0.717, 1.165) is 45.4 Å². The van der Waals surface area contributed by atoms with Crippen LogP contribution >= 0.6 is 11.3 Å². The number of amides is 1. The normalized spacial score (nSPS) is 14.8. The molecule has 0 aliphatic carbocycles. The Labute approximate surface area is 174 Å². The van der Waals surface area contributed by atoms with Crippen molar-refractivity contribution in [1.82, 2.24) is 20.0 Å². The summed E-state index contributed by atoms with van der Waals surface area (Å²) in [7, 11) is 0. The lowest BCUT2D eigenvalue weighted by atomic mass is 10.2. The molecule has 1 fully saturated rings. The Morgan fingerprint density at radius 3 is 2.79 bits per heavy atom. The zero-order valence-corrected chi connectivity index (χ0v) is 17.8. The molecular formula is C22H28N4O2S. The van der Waals surface area contributed by atoms with E-state index in [4.69, 9.17) is 0 Å². The molecule has 7 heteroatoms. The predicted octanol–water partition coefficient (Wildman–Crippen LogP) is 3.30. The second-order valence-electron chi connectivity index (χ2n) is 7.77. The molecule has 1 aliphatic rings. The lowest BCUT2D eigenvalue weighted by Crippen LogP contribution is -2.29. The molecule has 1 aromatic carbocycles. The van der Waals surface area contributed by atoms with Gasteiger partial charge < -0.3 is 10.2 Å². The van der Waals surface area contributed by atoms with E-state index in [1.807, 2.05) is 31.2 Å². The predicted molar refractivity (Wildman–Crippen MR) is 119 cm³/mol. The molecule has 2 aromatic heterocycles. The summed E-state index contributed by atoms with van der Waals surface area (Å²) in [4.78, 5) is 27.5. The minimum atomic E-state index is -0.0610. The lowest BCUT2D eigenvalue weighted by molar-refractivity contribution is -0.121. The third kappa shape index (κ3) is 4.51. The van der Waals surface area contributed by atoms with Crippen LogP contribution in [0.5, 0.6) is 0 Å². The van der Waals surface area contributed by atoms with Gasteiger partial charge in [-0.3, -0.25) is 9.59 Å². The average molecular weight is 413 g/mol. The monoisotopic (exact) mass is 412 g/mol. The van der Waals surface area contributed by atoms with Gasteiger partial charge in [0, 0.05) is 29.6 Å². The summed E-state index contributed by atoms with van der Waals surface area (Å²) >= 11 is 1.62. The van der Waals surface area contributed by atoms with Gasteiger partial charge in [-0.2, -0.15) is 5.10 Å². The number of benzene rings is 1. The number of aromatic nitrogens is 2. The number of hydrogen-bond acceptors (Lipinski definition) is 5. The average Bonchev–Trinajstić information content (AvgIpc) is 3.37. The highest BCUT2D eigenvalue weighted by Crippen LogP contribution is 2.32. The Hall–Kier alpha value is -2.25. The molecule has 3 heterocycles. The number of rotatable bonds is 8. The summed E-state index contributed by atoms with van der Waals surface area (Å²) < 4.78 is 3.59. The third-order valence-corrected chi connectivity index (χ3v) is 6.87. The zero-order valence-electron chi connectivity index (χ0n) is 16.9. The van der Waals surface area contributed by atoms with E-state index in [0.29, 0.717) is 19.4 Å². The van der Waals surface area contributed by atoms with Crippen LogP contribution in [0, 0.1) is 6.92 Å². The maximum absolute atomic E-state index is 13.0. The van der Waals surface area contributed by atoms with Crippen molar-refractivity contribution in [2.45, 2.75) is 45.6 Å². The van der Waals surface area contributed by atoms with E-state index in [9.17, 15) is 9.59 Å². The van der Waals surface area contributed by atoms with Gasteiger partial charge in [0.25, 0.3) is 5.56 Å². The van der Waals surface area contributed by atoms with E-state index < -0.39 is 0 Å². The molecule has 1 N–H and O–H groups in total. The van der Waals surface area contributed by atoms with Crippen LogP contribution in [0.1, 0.15) is 37.8 Å². The Kier molecular flexibility index (Phi) is 6.25. The molecule has 1 amide bonds. The molecule has 0 atom stereocenters. The second-order valence-corrected chi connectivity index (χ2v) is 8.82. The van der Waals surface area contributed by atoms with Gasteiger partial charge in [-0.15, -0.1) is 11.3 Å². The Balaban J connectivity index is 1.32. The summed E-state index contributed by atoms with van der Waals surface area (Å²) in [6.07, 6.45) is 4.61. The van der Waals surface area contributed by atoms with Gasteiger partial charge >= 0.3 is 0 Å². The van der Waals surface area contributed by atoms with Crippen LogP contribution in [0.3, 0.4) is 0 Å². The standard InChI is InChI=1S/C22H28N4O2S/c1-16-21-20(17-8-2-3-9-18(17)29-21)22(28)26(24-16)15-6-10-19(27)23-11-7-14-25-12-4-5-13-25/h2-3,8-9H,4-7,10-15H2,1H3,(H,23,27). The van der Waals surface area contributed by atoms with Gasteiger partial charge in [0.2, 0.25) is 5.91 Å². The topological polar surface area (TPSA) is 67.2 Å². The first kappa shape index (κ1) is 20.0.